The third kappa shape index (κ3) is 4.86. The van der Waals surface area contributed by atoms with E-state index in [4.69, 9.17) is 5.11 Å². The molecule has 0 atom stereocenters. The first-order valence-electron chi connectivity index (χ1n) is 5.17. The number of carboxylic acid groups (broad SMARTS) is 1. The largest absolute Gasteiger partial charge is 0.477 e. The monoisotopic (exact) mass is 291 g/mol. The number of carboxylic acids is 1. The molecule has 0 unspecified atom stereocenters. The molecule has 0 aliphatic rings. The highest BCUT2D eigenvalue weighted by molar-refractivity contribution is 8.04. The van der Waals surface area contributed by atoms with Crippen LogP contribution in [0.3, 0.4) is 0 Å². The van der Waals surface area contributed by atoms with E-state index in [9.17, 15) is 18.0 Å². The normalized spacial score (nSPS) is 12.4. The molecule has 1 aromatic rings. The fourth-order valence-corrected chi connectivity index (χ4v) is 2.08. The molecule has 104 valence electrons. The molecule has 7 heteroatoms. The number of hydrogen-bond donors (Lipinski definition) is 1. The lowest BCUT2D eigenvalue weighted by atomic mass is 10.2. The van der Waals surface area contributed by atoms with Crippen LogP contribution in [-0.4, -0.2) is 30.1 Å². The smallest absolute Gasteiger partial charge is 0.416 e. The Labute approximate surface area is 112 Å². The zero-order valence-electron chi connectivity index (χ0n) is 10.2. The average Bonchev–Trinajstić information content (AvgIpc) is 2.27. The third-order valence-electron chi connectivity index (χ3n) is 2.00. The van der Waals surface area contributed by atoms with Crippen molar-refractivity contribution in [1.29, 1.82) is 0 Å². The Morgan fingerprint density at radius 1 is 1.26 bits per heavy atom. The van der Waals surface area contributed by atoms with Crippen LogP contribution in [0.25, 0.3) is 0 Å². The number of halogens is 3. The molecule has 0 spiro atoms. The Kier molecular flexibility index (Phi) is 4.88. The van der Waals surface area contributed by atoms with Crippen molar-refractivity contribution in [2.75, 3.05) is 14.1 Å². The molecule has 19 heavy (non-hydrogen) atoms. The van der Waals surface area contributed by atoms with Crippen LogP contribution >= 0.6 is 11.8 Å². The van der Waals surface area contributed by atoms with E-state index in [0.717, 1.165) is 23.9 Å². The van der Waals surface area contributed by atoms with Crippen LogP contribution < -0.4 is 0 Å². The van der Waals surface area contributed by atoms with E-state index in [2.05, 4.69) is 0 Å². The molecule has 0 saturated carbocycles. The van der Waals surface area contributed by atoms with Gasteiger partial charge in [0, 0.05) is 25.2 Å². The van der Waals surface area contributed by atoms with Gasteiger partial charge in [0.1, 0.15) is 4.91 Å². The molecule has 0 aliphatic heterocycles. The number of alkyl halides is 3. The summed E-state index contributed by atoms with van der Waals surface area (Å²) in [6.07, 6.45) is -3.00. The van der Waals surface area contributed by atoms with E-state index in [1.807, 2.05) is 0 Å². The van der Waals surface area contributed by atoms with Gasteiger partial charge in [-0.05, 0) is 24.3 Å². The van der Waals surface area contributed by atoms with Crippen LogP contribution in [0.1, 0.15) is 5.56 Å². The van der Waals surface area contributed by atoms with Gasteiger partial charge >= 0.3 is 12.1 Å². The molecule has 0 fully saturated rings. The maximum Gasteiger partial charge on any atom is 0.416 e. The molecule has 0 heterocycles. The van der Waals surface area contributed by atoms with Crippen molar-refractivity contribution < 1.29 is 23.1 Å². The van der Waals surface area contributed by atoms with E-state index in [0.29, 0.717) is 4.90 Å². The van der Waals surface area contributed by atoms with E-state index in [1.165, 1.54) is 18.3 Å². The first-order chi connectivity index (χ1) is 8.70. The summed E-state index contributed by atoms with van der Waals surface area (Å²) in [7, 11) is 3.33. The number of nitrogens with zero attached hydrogens (tertiary/aromatic N) is 1. The molecule has 0 radical (unpaired) electrons. The highest BCUT2D eigenvalue weighted by Gasteiger charge is 2.30. The Bertz CT molecular complexity index is 481. The maximum absolute atomic E-state index is 12.4. The van der Waals surface area contributed by atoms with Gasteiger partial charge in [0.25, 0.3) is 0 Å². The zero-order valence-corrected chi connectivity index (χ0v) is 11.0. The Balaban J connectivity index is 2.90. The van der Waals surface area contributed by atoms with Crippen molar-refractivity contribution in [3.05, 3.63) is 40.9 Å². The van der Waals surface area contributed by atoms with E-state index >= 15 is 0 Å². The van der Waals surface area contributed by atoms with Gasteiger partial charge in [0.05, 0.1) is 5.56 Å². The standard InChI is InChI=1S/C12H12F3NO2S/c1-16(2)7-10(11(17)18)19-9-5-3-8(4-6-9)12(13,14)15/h3-7H,1-2H3,(H,17,18). The van der Waals surface area contributed by atoms with Crippen molar-refractivity contribution in [2.45, 2.75) is 11.1 Å². The summed E-state index contributed by atoms with van der Waals surface area (Å²) in [5.74, 6) is -1.13. The molecular formula is C12H12F3NO2S. The minimum absolute atomic E-state index is 0.0322. The number of carbonyl (C=O) groups is 1. The summed E-state index contributed by atoms with van der Waals surface area (Å²) in [6.45, 7) is 0. The fraction of sp³-hybridized carbons (Fsp3) is 0.250. The summed E-state index contributed by atoms with van der Waals surface area (Å²) < 4.78 is 37.1. The zero-order chi connectivity index (χ0) is 14.6. The first kappa shape index (κ1) is 15.4. The van der Waals surface area contributed by atoms with Crippen molar-refractivity contribution >= 4 is 17.7 Å². The molecule has 1 aromatic carbocycles. The number of hydrogen-bond acceptors (Lipinski definition) is 3. The molecule has 0 amide bonds. The SMILES string of the molecule is CN(C)C=C(Sc1ccc(C(F)(F)F)cc1)C(=O)O. The number of rotatable bonds is 4. The minimum Gasteiger partial charge on any atom is -0.477 e. The minimum atomic E-state index is -4.39. The van der Waals surface area contributed by atoms with Crippen molar-refractivity contribution in [1.82, 2.24) is 4.90 Å². The quantitative estimate of drug-likeness (QED) is 0.682. The highest BCUT2D eigenvalue weighted by atomic mass is 32.2. The van der Waals surface area contributed by atoms with E-state index in [-0.39, 0.29) is 4.91 Å². The lowest BCUT2D eigenvalue weighted by molar-refractivity contribution is -0.137. The fourth-order valence-electron chi connectivity index (χ4n) is 1.20. The predicted molar refractivity (Wildman–Crippen MR) is 66.7 cm³/mol. The van der Waals surface area contributed by atoms with Gasteiger partial charge in [-0.3, -0.25) is 0 Å². The number of benzene rings is 1. The molecule has 1 rings (SSSR count). The second kappa shape index (κ2) is 6.01. The Morgan fingerprint density at radius 3 is 2.16 bits per heavy atom. The van der Waals surface area contributed by atoms with Crippen LogP contribution in [-0.2, 0) is 11.0 Å². The molecule has 1 N–H and O–H groups in total. The Morgan fingerprint density at radius 2 is 1.79 bits per heavy atom. The first-order valence-corrected chi connectivity index (χ1v) is 5.98. The van der Waals surface area contributed by atoms with Crippen molar-refractivity contribution in [3.63, 3.8) is 0 Å². The molecule has 0 aliphatic carbocycles. The van der Waals surface area contributed by atoms with Crippen LogP contribution in [0.2, 0.25) is 0 Å². The molecular weight excluding hydrogens is 279 g/mol. The van der Waals surface area contributed by atoms with Gasteiger partial charge in [-0.1, -0.05) is 11.8 Å². The van der Waals surface area contributed by atoms with Gasteiger partial charge in [-0.25, -0.2) is 4.79 Å². The molecule has 3 nitrogen and oxygen atoms in total. The topological polar surface area (TPSA) is 40.5 Å². The lowest BCUT2D eigenvalue weighted by Crippen LogP contribution is -2.07. The summed E-state index contributed by atoms with van der Waals surface area (Å²) in [6, 6.07) is 4.36. The van der Waals surface area contributed by atoms with Gasteiger partial charge in [-0.15, -0.1) is 0 Å². The second-order valence-corrected chi connectivity index (χ2v) is 5.00. The van der Waals surface area contributed by atoms with Crippen LogP contribution in [0, 0.1) is 0 Å². The highest BCUT2D eigenvalue weighted by Crippen LogP contribution is 2.32. The van der Waals surface area contributed by atoms with Gasteiger partial charge in [-0.2, -0.15) is 13.2 Å². The summed E-state index contributed by atoms with van der Waals surface area (Å²) in [5, 5.41) is 8.97. The van der Waals surface area contributed by atoms with Gasteiger partial charge in [0.2, 0.25) is 0 Å². The second-order valence-electron chi connectivity index (χ2n) is 3.89. The number of thioether (sulfide) groups is 1. The van der Waals surface area contributed by atoms with Crippen LogP contribution in [0.5, 0.6) is 0 Å². The van der Waals surface area contributed by atoms with E-state index < -0.39 is 17.7 Å². The van der Waals surface area contributed by atoms with Crippen molar-refractivity contribution in [3.8, 4) is 0 Å². The van der Waals surface area contributed by atoms with Gasteiger partial charge in [0.15, 0.2) is 0 Å². The molecule has 0 saturated heterocycles. The molecule has 0 aromatic heterocycles. The predicted octanol–water partition coefficient (Wildman–Crippen LogP) is 3.29. The summed E-state index contributed by atoms with van der Waals surface area (Å²) in [5.41, 5.74) is -0.759. The maximum atomic E-state index is 12.4. The summed E-state index contributed by atoms with van der Waals surface area (Å²) >= 11 is 0.897. The van der Waals surface area contributed by atoms with Crippen LogP contribution in [0.4, 0.5) is 13.2 Å². The third-order valence-corrected chi connectivity index (χ3v) is 3.00. The summed E-state index contributed by atoms with van der Waals surface area (Å²) in [4.78, 5) is 13.0. The number of aliphatic carboxylic acids is 1. The van der Waals surface area contributed by atoms with Crippen LogP contribution in [0.15, 0.2) is 40.3 Å². The molecule has 0 bridgehead atoms. The van der Waals surface area contributed by atoms with E-state index in [1.54, 1.807) is 19.0 Å². The lowest BCUT2D eigenvalue weighted by Gasteiger charge is -2.09. The average molecular weight is 291 g/mol. The van der Waals surface area contributed by atoms with Gasteiger partial charge < -0.3 is 10.0 Å². The Hall–Kier alpha value is -1.63. The van der Waals surface area contributed by atoms with Crippen molar-refractivity contribution in [2.24, 2.45) is 0 Å².